The Hall–Kier alpha value is -1.79. The minimum absolute atomic E-state index is 0. The zero-order valence-corrected chi connectivity index (χ0v) is 14.7. The summed E-state index contributed by atoms with van der Waals surface area (Å²) in [5.74, 6) is 0.412. The van der Waals surface area contributed by atoms with Gasteiger partial charge in [0.1, 0.15) is 5.75 Å². The van der Waals surface area contributed by atoms with Crippen molar-refractivity contribution in [2.24, 2.45) is 11.7 Å². The van der Waals surface area contributed by atoms with Gasteiger partial charge in [-0.3, -0.25) is 9.59 Å². The number of nitrogens with two attached hydrogens (primary N) is 1. The number of ether oxygens (including phenoxy) is 1. The normalized spacial score (nSPS) is 14.2. The molecule has 24 heavy (non-hydrogen) atoms. The van der Waals surface area contributed by atoms with Crippen molar-refractivity contribution in [1.82, 2.24) is 10.6 Å². The minimum atomic E-state index is -0.160. The smallest absolute Gasteiger partial charge is 0.258 e. The Kier molecular flexibility index (Phi) is 8.57. The molecule has 7 heteroatoms. The molecule has 0 heterocycles. The van der Waals surface area contributed by atoms with E-state index in [1.807, 2.05) is 24.3 Å². The first-order valence-corrected chi connectivity index (χ1v) is 8.07. The second-order valence-corrected chi connectivity index (χ2v) is 5.95. The van der Waals surface area contributed by atoms with E-state index in [0.29, 0.717) is 24.9 Å². The van der Waals surface area contributed by atoms with Crippen molar-refractivity contribution in [2.45, 2.75) is 32.2 Å². The van der Waals surface area contributed by atoms with Gasteiger partial charge in [0.05, 0.1) is 0 Å². The monoisotopic (exact) mass is 355 g/mol. The first-order valence-electron chi connectivity index (χ1n) is 8.07. The molecule has 1 fully saturated rings. The highest BCUT2D eigenvalue weighted by Crippen LogP contribution is 2.18. The Morgan fingerprint density at radius 2 is 1.96 bits per heavy atom. The Labute approximate surface area is 148 Å². The van der Waals surface area contributed by atoms with Crippen molar-refractivity contribution in [3.8, 4) is 5.75 Å². The van der Waals surface area contributed by atoms with Crippen LogP contribution >= 0.6 is 12.4 Å². The molecule has 0 spiro atoms. The Bertz CT molecular complexity index is 532. The lowest BCUT2D eigenvalue weighted by atomic mass is 10.1. The van der Waals surface area contributed by atoms with Crippen molar-refractivity contribution >= 4 is 24.2 Å². The van der Waals surface area contributed by atoms with Crippen molar-refractivity contribution in [3.63, 3.8) is 0 Å². The molecule has 1 saturated carbocycles. The SMILES string of the molecule is CC(CN)C(=O)NCCc1ccc(OCC(=O)NC2CC2)cc1.Cl. The van der Waals surface area contributed by atoms with E-state index in [-0.39, 0.29) is 36.7 Å². The number of hydrogen-bond donors (Lipinski definition) is 3. The lowest BCUT2D eigenvalue weighted by Gasteiger charge is -2.10. The Morgan fingerprint density at radius 1 is 1.29 bits per heavy atom. The van der Waals surface area contributed by atoms with Crippen LogP contribution in [-0.2, 0) is 16.0 Å². The van der Waals surface area contributed by atoms with E-state index < -0.39 is 0 Å². The number of amides is 2. The predicted molar refractivity (Wildman–Crippen MR) is 95.3 cm³/mol. The van der Waals surface area contributed by atoms with Crippen LogP contribution in [0.15, 0.2) is 24.3 Å². The van der Waals surface area contributed by atoms with Gasteiger partial charge >= 0.3 is 0 Å². The number of halogens is 1. The number of hydrogen-bond acceptors (Lipinski definition) is 4. The molecule has 4 N–H and O–H groups in total. The highest BCUT2D eigenvalue weighted by molar-refractivity contribution is 5.85. The maximum Gasteiger partial charge on any atom is 0.258 e. The number of carbonyl (C=O) groups is 2. The van der Waals surface area contributed by atoms with Crippen LogP contribution in [0.1, 0.15) is 25.3 Å². The van der Waals surface area contributed by atoms with Gasteiger partial charge in [-0.1, -0.05) is 19.1 Å². The quantitative estimate of drug-likeness (QED) is 0.616. The highest BCUT2D eigenvalue weighted by atomic mass is 35.5. The molecule has 6 nitrogen and oxygen atoms in total. The number of carbonyl (C=O) groups excluding carboxylic acids is 2. The Balaban J connectivity index is 0.00000288. The molecule has 1 aliphatic carbocycles. The van der Waals surface area contributed by atoms with Gasteiger partial charge in [0, 0.05) is 25.0 Å². The van der Waals surface area contributed by atoms with Gasteiger partial charge in [0.25, 0.3) is 5.91 Å². The lowest BCUT2D eigenvalue weighted by Crippen LogP contribution is -2.34. The van der Waals surface area contributed by atoms with Gasteiger partial charge in [-0.2, -0.15) is 0 Å². The molecule has 0 aromatic heterocycles. The van der Waals surface area contributed by atoms with Gasteiger partial charge in [0.15, 0.2) is 6.61 Å². The fourth-order valence-electron chi connectivity index (χ4n) is 2.01. The third kappa shape index (κ3) is 7.19. The topological polar surface area (TPSA) is 93.5 Å². The summed E-state index contributed by atoms with van der Waals surface area (Å²) >= 11 is 0. The second kappa shape index (κ2) is 10.2. The van der Waals surface area contributed by atoms with Crippen molar-refractivity contribution in [3.05, 3.63) is 29.8 Å². The molecule has 0 bridgehead atoms. The molecular formula is C17H26ClN3O3. The maximum absolute atomic E-state index is 11.6. The third-order valence-electron chi connectivity index (χ3n) is 3.75. The van der Waals surface area contributed by atoms with E-state index in [9.17, 15) is 9.59 Å². The Morgan fingerprint density at radius 3 is 2.54 bits per heavy atom. The average molecular weight is 356 g/mol. The fourth-order valence-corrected chi connectivity index (χ4v) is 2.01. The summed E-state index contributed by atoms with van der Waals surface area (Å²) in [5.41, 5.74) is 6.55. The molecule has 2 rings (SSSR count). The van der Waals surface area contributed by atoms with Crippen LogP contribution in [0.2, 0.25) is 0 Å². The highest BCUT2D eigenvalue weighted by Gasteiger charge is 2.23. The molecular weight excluding hydrogens is 330 g/mol. The standard InChI is InChI=1S/C17H25N3O3.ClH/c1-12(10-18)17(22)19-9-8-13-2-6-15(7-3-13)23-11-16(21)20-14-4-5-14;/h2-3,6-7,12,14H,4-5,8-11,18H2,1H3,(H,19,22)(H,20,21);1H. The van der Waals surface area contributed by atoms with Crippen molar-refractivity contribution in [1.29, 1.82) is 0 Å². The van der Waals surface area contributed by atoms with E-state index in [1.54, 1.807) is 6.92 Å². The summed E-state index contributed by atoms with van der Waals surface area (Å²) in [5, 5.41) is 5.73. The summed E-state index contributed by atoms with van der Waals surface area (Å²) < 4.78 is 5.44. The summed E-state index contributed by atoms with van der Waals surface area (Å²) in [7, 11) is 0. The van der Waals surface area contributed by atoms with Gasteiger partial charge in [-0.25, -0.2) is 0 Å². The number of rotatable bonds is 9. The van der Waals surface area contributed by atoms with E-state index in [2.05, 4.69) is 10.6 Å². The van der Waals surface area contributed by atoms with E-state index in [4.69, 9.17) is 10.5 Å². The van der Waals surface area contributed by atoms with Crippen LogP contribution in [0.3, 0.4) is 0 Å². The first-order chi connectivity index (χ1) is 11.1. The van der Waals surface area contributed by atoms with E-state index in [1.165, 1.54) is 0 Å². The number of benzene rings is 1. The molecule has 1 aromatic carbocycles. The molecule has 0 radical (unpaired) electrons. The predicted octanol–water partition coefficient (Wildman–Crippen LogP) is 1.02. The fraction of sp³-hybridized carbons (Fsp3) is 0.529. The van der Waals surface area contributed by atoms with Crippen LogP contribution in [0.25, 0.3) is 0 Å². The van der Waals surface area contributed by atoms with Crippen LogP contribution in [0.5, 0.6) is 5.75 Å². The van der Waals surface area contributed by atoms with E-state index in [0.717, 1.165) is 24.8 Å². The molecule has 1 aromatic rings. The van der Waals surface area contributed by atoms with Gasteiger partial charge in [-0.15, -0.1) is 12.4 Å². The zero-order chi connectivity index (χ0) is 16.7. The van der Waals surface area contributed by atoms with Crippen molar-refractivity contribution < 1.29 is 14.3 Å². The molecule has 0 aliphatic heterocycles. The van der Waals surface area contributed by atoms with E-state index >= 15 is 0 Å². The van der Waals surface area contributed by atoms with Crippen LogP contribution in [0.4, 0.5) is 0 Å². The van der Waals surface area contributed by atoms with Crippen LogP contribution in [-0.4, -0.2) is 37.6 Å². The summed E-state index contributed by atoms with van der Waals surface area (Å²) in [6, 6.07) is 7.90. The zero-order valence-electron chi connectivity index (χ0n) is 13.9. The molecule has 2 amide bonds. The third-order valence-corrected chi connectivity index (χ3v) is 3.75. The molecule has 1 unspecified atom stereocenters. The minimum Gasteiger partial charge on any atom is -0.484 e. The van der Waals surface area contributed by atoms with Crippen LogP contribution in [0, 0.1) is 5.92 Å². The van der Waals surface area contributed by atoms with Gasteiger partial charge < -0.3 is 21.1 Å². The summed E-state index contributed by atoms with van der Waals surface area (Å²) in [6.07, 6.45) is 2.88. The molecule has 0 saturated heterocycles. The van der Waals surface area contributed by atoms with Crippen LogP contribution < -0.4 is 21.1 Å². The summed E-state index contributed by atoms with van der Waals surface area (Å²) in [4.78, 5) is 23.1. The second-order valence-electron chi connectivity index (χ2n) is 5.95. The average Bonchev–Trinajstić information content (AvgIpc) is 3.37. The maximum atomic E-state index is 11.6. The largest absolute Gasteiger partial charge is 0.484 e. The van der Waals surface area contributed by atoms with Gasteiger partial charge in [0.2, 0.25) is 5.91 Å². The van der Waals surface area contributed by atoms with Gasteiger partial charge in [-0.05, 0) is 37.0 Å². The number of nitrogens with one attached hydrogen (secondary N) is 2. The lowest BCUT2D eigenvalue weighted by molar-refractivity contribution is -0.124. The first kappa shape index (κ1) is 20.3. The molecule has 1 atom stereocenters. The molecule has 134 valence electrons. The van der Waals surface area contributed by atoms with Crippen molar-refractivity contribution in [2.75, 3.05) is 19.7 Å². The molecule has 1 aliphatic rings. The summed E-state index contributed by atoms with van der Waals surface area (Å²) in [6.45, 7) is 2.78.